The maximum atomic E-state index is 13.5. The molecule has 122 valence electrons. The molecule has 1 aliphatic rings. The number of carbonyl (C=O) groups is 1. The SMILES string of the molecule is CS(=O)(=O)N1CCC(NC(=O)CCc2ccccc2F)CC1. The van der Waals surface area contributed by atoms with Crippen LogP contribution < -0.4 is 5.32 Å². The molecule has 1 fully saturated rings. The summed E-state index contributed by atoms with van der Waals surface area (Å²) in [5.41, 5.74) is 0.532. The van der Waals surface area contributed by atoms with Crippen molar-refractivity contribution in [3.63, 3.8) is 0 Å². The fourth-order valence-corrected chi connectivity index (χ4v) is 3.46. The summed E-state index contributed by atoms with van der Waals surface area (Å²) in [5.74, 6) is -0.419. The summed E-state index contributed by atoms with van der Waals surface area (Å²) in [6.45, 7) is 0.855. The van der Waals surface area contributed by atoms with Crippen molar-refractivity contribution >= 4 is 15.9 Å². The van der Waals surface area contributed by atoms with E-state index in [2.05, 4.69) is 5.32 Å². The third-order valence-electron chi connectivity index (χ3n) is 3.87. The molecule has 1 heterocycles. The number of halogens is 1. The molecule has 1 aliphatic heterocycles. The first-order chi connectivity index (χ1) is 10.4. The average molecular weight is 328 g/mol. The van der Waals surface area contributed by atoms with Crippen LogP contribution in [-0.2, 0) is 21.2 Å². The molecule has 0 radical (unpaired) electrons. The van der Waals surface area contributed by atoms with E-state index >= 15 is 0 Å². The van der Waals surface area contributed by atoms with Gasteiger partial charge in [-0.05, 0) is 30.9 Å². The fourth-order valence-electron chi connectivity index (χ4n) is 2.58. The highest BCUT2D eigenvalue weighted by molar-refractivity contribution is 7.88. The van der Waals surface area contributed by atoms with Crippen molar-refractivity contribution in [3.8, 4) is 0 Å². The zero-order valence-electron chi connectivity index (χ0n) is 12.6. The van der Waals surface area contributed by atoms with Crippen LogP contribution in [0, 0.1) is 5.82 Å². The molecule has 0 atom stereocenters. The van der Waals surface area contributed by atoms with Gasteiger partial charge in [-0.3, -0.25) is 4.79 Å². The minimum atomic E-state index is -3.15. The lowest BCUT2D eigenvalue weighted by Gasteiger charge is -2.30. The molecule has 0 saturated carbocycles. The predicted octanol–water partition coefficient (Wildman–Crippen LogP) is 1.30. The van der Waals surface area contributed by atoms with Crippen molar-refractivity contribution in [2.24, 2.45) is 0 Å². The number of rotatable bonds is 5. The van der Waals surface area contributed by atoms with Crippen LogP contribution in [0.2, 0.25) is 0 Å². The summed E-state index contributed by atoms with van der Waals surface area (Å²) in [6, 6.07) is 6.42. The molecule has 5 nitrogen and oxygen atoms in total. The molecule has 1 saturated heterocycles. The summed E-state index contributed by atoms with van der Waals surface area (Å²) in [4.78, 5) is 11.9. The van der Waals surface area contributed by atoms with Crippen LogP contribution in [0.1, 0.15) is 24.8 Å². The van der Waals surface area contributed by atoms with E-state index in [4.69, 9.17) is 0 Å². The lowest BCUT2D eigenvalue weighted by Crippen LogP contribution is -2.46. The fraction of sp³-hybridized carbons (Fsp3) is 0.533. The van der Waals surface area contributed by atoms with E-state index in [9.17, 15) is 17.6 Å². The van der Waals surface area contributed by atoms with Gasteiger partial charge < -0.3 is 5.32 Å². The third kappa shape index (κ3) is 4.78. The Morgan fingerprint density at radius 2 is 1.95 bits per heavy atom. The van der Waals surface area contributed by atoms with E-state index in [1.165, 1.54) is 16.6 Å². The summed E-state index contributed by atoms with van der Waals surface area (Å²) < 4.78 is 37.7. The van der Waals surface area contributed by atoms with Crippen molar-refractivity contribution in [3.05, 3.63) is 35.6 Å². The van der Waals surface area contributed by atoms with Gasteiger partial charge in [0, 0.05) is 25.6 Å². The second-order valence-electron chi connectivity index (χ2n) is 5.60. The number of hydrogen-bond donors (Lipinski definition) is 1. The van der Waals surface area contributed by atoms with Gasteiger partial charge in [0.1, 0.15) is 5.82 Å². The lowest BCUT2D eigenvalue weighted by atomic mass is 10.1. The number of nitrogens with zero attached hydrogens (tertiary/aromatic N) is 1. The molecule has 0 spiro atoms. The van der Waals surface area contributed by atoms with Crippen molar-refractivity contribution in [2.45, 2.75) is 31.7 Å². The van der Waals surface area contributed by atoms with Crippen molar-refractivity contribution in [1.29, 1.82) is 0 Å². The van der Waals surface area contributed by atoms with Gasteiger partial charge >= 0.3 is 0 Å². The van der Waals surface area contributed by atoms with E-state index in [-0.39, 0.29) is 24.2 Å². The number of aryl methyl sites for hydroxylation is 1. The highest BCUT2D eigenvalue weighted by atomic mass is 32.2. The Morgan fingerprint density at radius 1 is 1.32 bits per heavy atom. The van der Waals surface area contributed by atoms with Crippen LogP contribution in [0.25, 0.3) is 0 Å². The highest BCUT2D eigenvalue weighted by Gasteiger charge is 2.25. The van der Waals surface area contributed by atoms with E-state index in [1.54, 1.807) is 18.2 Å². The average Bonchev–Trinajstić information content (AvgIpc) is 2.46. The summed E-state index contributed by atoms with van der Waals surface area (Å²) in [7, 11) is -3.15. The number of hydrogen-bond acceptors (Lipinski definition) is 3. The van der Waals surface area contributed by atoms with Crippen LogP contribution in [0.5, 0.6) is 0 Å². The Hall–Kier alpha value is -1.47. The van der Waals surface area contributed by atoms with Crippen molar-refractivity contribution in [2.75, 3.05) is 19.3 Å². The lowest BCUT2D eigenvalue weighted by molar-refractivity contribution is -0.122. The minimum absolute atomic E-state index is 0.00822. The molecule has 0 bridgehead atoms. The Kier molecular flexibility index (Phi) is 5.52. The van der Waals surface area contributed by atoms with Gasteiger partial charge in [0.25, 0.3) is 0 Å². The van der Waals surface area contributed by atoms with Gasteiger partial charge in [-0.1, -0.05) is 18.2 Å². The summed E-state index contributed by atoms with van der Waals surface area (Å²) in [6.07, 6.45) is 3.01. The summed E-state index contributed by atoms with van der Waals surface area (Å²) in [5, 5.41) is 2.90. The number of piperidine rings is 1. The zero-order valence-corrected chi connectivity index (χ0v) is 13.4. The quantitative estimate of drug-likeness (QED) is 0.886. The molecule has 0 aliphatic carbocycles. The molecule has 1 aromatic carbocycles. The standard InChI is InChI=1S/C15H21FN2O3S/c1-22(20,21)18-10-8-13(9-11-18)17-15(19)7-6-12-4-2-3-5-14(12)16/h2-5,13H,6-11H2,1H3,(H,17,19). The molecule has 1 aromatic rings. The van der Waals surface area contributed by atoms with Gasteiger partial charge in [0.2, 0.25) is 15.9 Å². The topological polar surface area (TPSA) is 66.5 Å². The number of sulfonamides is 1. The predicted molar refractivity (Wildman–Crippen MR) is 82.3 cm³/mol. The first-order valence-corrected chi connectivity index (χ1v) is 9.19. The molecule has 1 amide bonds. The molecule has 0 aromatic heterocycles. The van der Waals surface area contributed by atoms with Crippen LogP contribution in [0.15, 0.2) is 24.3 Å². The zero-order chi connectivity index (χ0) is 16.2. The smallest absolute Gasteiger partial charge is 0.220 e. The number of carbonyl (C=O) groups excluding carboxylic acids is 1. The number of benzene rings is 1. The Labute approximate surface area is 130 Å². The maximum absolute atomic E-state index is 13.5. The molecule has 7 heteroatoms. The van der Waals surface area contributed by atoms with E-state index in [0.717, 1.165) is 0 Å². The summed E-state index contributed by atoms with van der Waals surface area (Å²) >= 11 is 0. The first kappa shape index (κ1) is 16.9. The molecule has 22 heavy (non-hydrogen) atoms. The van der Waals surface area contributed by atoms with Crippen LogP contribution >= 0.6 is 0 Å². The van der Waals surface area contributed by atoms with E-state index in [1.807, 2.05) is 0 Å². The van der Waals surface area contributed by atoms with Crippen LogP contribution in [0.4, 0.5) is 4.39 Å². The second kappa shape index (κ2) is 7.19. The molecule has 2 rings (SSSR count). The van der Waals surface area contributed by atoms with Gasteiger partial charge in [0.05, 0.1) is 6.26 Å². The van der Waals surface area contributed by atoms with Crippen LogP contribution in [-0.4, -0.2) is 44.0 Å². The van der Waals surface area contributed by atoms with Crippen molar-refractivity contribution in [1.82, 2.24) is 9.62 Å². The van der Waals surface area contributed by atoms with E-state index < -0.39 is 10.0 Å². The van der Waals surface area contributed by atoms with Gasteiger partial charge in [-0.2, -0.15) is 0 Å². The second-order valence-corrected chi connectivity index (χ2v) is 7.58. The molecular weight excluding hydrogens is 307 g/mol. The molecule has 1 N–H and O–H groups in total. The Bertz CT molecular complexity index is 625. The van der Waals surface area contributed by atoms with Crippen molar-refractivity contribution < 1.29 is 17.6 Å². The number of nitrogens with one attached hydrogen (secondary N) is 1. The maximum Gasteiger partial charge on any atom is 0.220 e. The van der Waals surface area contributed by atoms with Crippen LogP contribution in [0.3, 0.4) is 0 Å². The molecule has 0 unspecified atom stereocenters. The highest BCUT2D eigenvalue weighted by Crippen LogP contribution is 2.14. The molecular formula is C15H21FN2O3S. The number of amides is 1. The largest absolute Gasteiger partial charge is 0.353 e. The monoisotopic (exact) mass is 328 g/mol. The minimum Gasteiger partial charge on any atom is -0.353 e. The van der Waals surface area contributed by atoms with E-state index in [0.29, 0.717) is 37.9 Å². The Morgan fingerprint density at radius 3 is 2.55 bits per heavy atom. The Balaban J connectivity index is 1.76. The first-order valence-electron chi connectivity index (χ1n) is 7.34. The normalized spacial score (nSPS) is 17.4. The third-order valence-corrected chi connectivity index (χ3v) is 5.17. The van der Waals surface area contributed by atoms with Gasteiger partial charge in [-0.25, -0.2) is 17.1 Å². The van der Waals surface area contributed by atoms with Gasteiger partial charge in [-0.15, -0.1) is 0 Å². The van der Waals surface area contributed by atoms with Gasteiger partial charge in [0.15, 0.2) is 0 Å².